The average molecular weight is 524 g/mol. The van der Waals surface area contributed by atoms with E-state index in [1.807, 2.05) is 20.1 Å². The molecule has 0 aliphatic heterocycles. The van der Waals surface area contributed by atoms with E-state index in [2.05, 4.69) is 16.0 Å². The van der Waals surface area contributed by atoms with Crippen LogP contribution in [-0.2, 0) is 30.4 Å². The molecule has 4 amide bonds. The lowest BCUT2D eigenvalue weighted by molar-refractivity contribution is -0.143. The van der Waals surface area contributed by atoms with E-state index in [4.69, 9.17) is 11.5 Å². The third-order valence-corrected chi connectivity index (χ3v) is 5.89. The van der Waals surface area contributed by atoms with Gasteiger partial charge in [0, 0.05) is 6.42 Å². The number of hydrogen-bond donors (Lipinski definition) is 6. The normalized spacial score (nSPS) is 14.2. The van der Waals surface area contributed by atoms with Gasteiger partial charge in [0.15, 0.2) is 0 Å². The minimum atomic E-state index is -1.55. The quantitative estimate of drug-likeness (QED) is 0.171. The molecule has 11 nitrogen and oxygen atoms in total. The van der Waals surface area contributed by atoms with Crippen molar-refractivity contribution in [3.8, 4) is 0 Å². The van der Waals surface area contributed by atoms with Crippen molar-refractivity contribution in [1.29, 1.82) is 0 Å². The summed E-state index contributed by atoms with van der Waals surface area (Å²) in [5.41, 5.74) is 11.8. The smallest absolute Gasteiger partial charge is 0.326 e. The highest BCUT2D eigenvalue weighted by molar-refractivity contribution is 7.98. The van der Waals surface area contributed by atoms with Crippen LogP contribution >= 0.6 is 11.8 Å². The molecule has 0 aromatic heterocycles. The Morgan fingerprint density at radius 2 is 1.47 bits per heavy atom. The second-order valence-corrected chi connectivity index (χ2v) is 9.89. The molecule has 1 aromatic carbocycles. The maximum absolute atomic E-state index is 13.2. The van der Waals surface area contributed by atoms with Crippen LogP contribution in [0.25, 0.3) is 0 Å². The van der Waals surface area contributed by atoms with Crippen molar-refractivity contribution in [2.75, 3.05) is 12.0 Å². The molecule has 1 aromatic rings. The first kappa shape index (κ1) is 30.9. The van der Waals surface area contributed by atoms with Crippen LogP contribution in [0.4, 0.5) is 0 Å². The number of nitrogens with two attached hydrogens (primary N) is 2. The van der Waals surface area contributed by atoms with Gasteiger partial charge in [-0.05, 0) is 36.3 Å². The van der Waals surface area contributed by atoms with Crippen LogP contribution in [0.5, 0.6) is 0 Å². The first-order chi connectivity index (χ1) is 16.9. The van der Waals surface area contributed by atoms with E-state index in [-0.39, 0.29) is 12.3 Å². The molecule has 0 bridgehead atoms. The molecular formula is C24H37N5O6S. The number of hydrogen-bond acceptors (Lipinski definition) is 7. The number of thioether (sulfide) groups is 1. The van der Waals surface area contributed by atoms with Crippen molar-refractivity contribution in [3.05, 3.63) is 35.9 Å². The highest BCUT2D eigenvalue weighted by atomic mass is 32.2. The summed E-state index contributed by atoms with van der Waals surface area (Å²) in [6, 6.07) is 4.36. The number of primary amides is 1. The monoisotopic (exact) mass is 523 g/mol. The van der Waals surface area contributed by atoms with E-state index in [0.717, 1.165) is 0 Å². The van der Waals surface area contributed by atoms with E-state index < -0.39 is 60.2 Å². The lowest BCUT2D eigenvalue weighted by atomic mass is 10.0. The molecule has 1 rings (SSSR count). The van der Waals surface area contributed by atoms with Crippen molar-refractivity contribution in [3.63, 3.8) is 0 Å². The molecule has 0 spiro atoms. The predicted octanol–water partition coefficient (Wildman–Crippen LogP) is -0.230. The van der Waals surface area contributed by atoms with Gasteiger partial charge in [0.25, 0.3) is 0 Å². The van der Waals surface area contributed by atoms with Crippen molar-refractivity contribution in [1.82, 2.24) is 16.0 Å². The van der Waals surface area contributed by atoms with Gasteiger partial charge in [-0.1, -0.05) is 44.2 Å². The Bertz CT molecular complexity index is 898. The Morgan fingerprint density at radius 3 is 2.00 bits per heavy atom. The Kier molecular flexibility index (Phi) is 13.6. The van der Waals surface area contributed by atoms with Crippen LogP contribution in [0, 0.1) is 5.92 Å². The van der Waals surface area contributed by atoms with Crippen LogP contribution in [0.1, 0.15) is 38.7 Å². The van der Waals surface area contributed by atoms with Gasteiger partial charge in [-0.15, -0.1) is 0 Å². The largest absolute Gasteiger partial charge is 0.480 e. The third-order valence-electron chi connectivity index (χ3n) is 5.24. The van der Waals surface area contributed by atoms with Gasteiger partial charge >= 0.3 is 5.97 Å². The Balaban J connectivity index is 3.10. The molecule has 12 heteroatoms. The Morgan fingerprint density at radius 1 is 0.917 bits per heavy atom. The molecule has 0 aliphatic carbocycles. The number of rotatable bonds is 16. The number of carboxylic acid groups (broad SMARTS) is 1. The van der Waals surface area contributed by atoms with Crippen LogP contribution in [0.2, 0.25) is 0 Å². The van der Waals surface area contributed by atoms with Gasteiger partial charge < -0.3 is 32.5 Å². The van der Waals surface area contributed by atoms with Gasteiger partial charge in [-0.25, -0.2) is 4.79 Å². The molecule has 0 radical (unpaired) electrons. The topological polar surface area (TPSA) is 194 Å². The predicted molar refractivity (Wildman–Crippen MR) is 138 cm³/mol. The van der Waals surface area contributed by atoms with Gasteiger partial charge in [-0.3, -0.25) is 19.2 Å². The minimum absolute atomic E-state index is 0.0530. The van der Waals surface area contributed by atoms with Crippen molar-refractivity contribution in [2.45, 2.75) is 63.7 Å². The molecule has 0 saturated carbocycles. The second-order valence-electron chi connectivity index (χ2n) is 8.90. The van der Waals surface area contributed by atoms with E-state index in [9.17, 15) is 29.1 Å². The average Bonchev–Trinajstić information content (AvgIpc) is 2.80. The maximum atomic E-state index is 13.2. The lowest BCUT2D eigenvalue weighted by Crippen LogP contribution is -2.58. The minimum Gasteiger partial charge on any atom is -0.480 e. The van der Waals surface area contributed by atoms with Gasteiger partial charge in [0.1, 0.15) is 18.1 Å². The molecular weight excluding hydrogens is 486 g/mol. The summed E-state index contributed by atoms with van der Waals surface area (Å²) in [5.74, 6) is -3.46. The number of benzene rings is 1. The summed E-state index contributed by atoms with van der Waals surface area (Å²) < 4.78 is 0. The van der Waals surface area contributed by atoms with Crippen LogP contribution < -0.4 is 27.4 Å². The number of aliphatic carboxylic acids is 1. The zero-order chi connectivity index (χ0) is 27.3. The molecule has 4 atom stereocenters. The molecule has 0 fully saturated rings. The molecule has 4 unspecified atom stereocenters. The summed E-state index contributed by atoms with van der Waals surface area (Å²) >= 11 is 1.49. The van der Waals surface area contributed by atoms with Crippen molar-refractivity contribution in [2.24, 2.45) is 17.4 Å². The summed E-state index contributed by atoms with van der Waals surface area (Å²) in [6.45, 7) is 3.86. The first-order valence-electron chi connectivity index (χ1n) is 11.6. The summed E-state index contributed by atoms with van der Waals surface area (Å²) in [7, 11) is 0. The van der Waals surface area contributed by atoms with E-state index in [1.54, 1.807) is 30.3 Å². The molecule has 0 heterocycles. The second kappa shape index (κ2) is 15.8. The van der Waals surface area contributed by atoms with Gasteiger partial charge in [-0.2, -0.15) is 11.8 Å². The number of carbonyl (C=O) groups is 5. The van der Waals surface area contributed by atoms with Gasteiger partial charge in [0.05, 0.1) is 12.5 Å². The standard InChI is InChI=1S/C24H37N5O6S/c1-14(2)11-16(25)21(31)27-17(9-10-36-3)22(32)28-18(12-15-7-5-4-6-8-15)23(33)29-19(24(34)35)13-20(26)30/h4-8,14,16-19H,9-13,25H2,1-3H3,(H2,26,30)(H,27,31)(H,28,32)(H,29,33)(H,34,35). The molecule has 36 heavy (non-hydrogen) atoms. The van der Waals surface area contributed by atoms with Crippen LogP contribution in [0.15, 0.2) is 30.3 Å². The Hall–Kier alpha value is -3.12. The van der Waals surface area contributed by atoms with E-state index in [1.165, 1.54) is 11.8 Å². The fraction of sp³-hybridized carbons (Fsp3) is 0.542. The summed E-state index contributed by atoms with van der Waals surface area (Å²) in [6.07, 6.45) is 2.05. The van der Waals surface area contributed by atoms with E-state index in [0.29, 0.717) is 24.2 Å². The number of nitrogens with one attached hydrogen (secondary N) is 3. The third kappa shape index (κ3) is 11.5. The molecule has 8 N–H and O–H groups in total. The Labute approximate surface area is 215 Å². The molecule has 200 valence electrons. The van der Waals surface area contributed by atoms with Crippen molar-refractivity contribution < 1.29 is 29.1 Å². The fourth-order valence-electron chi connectivity index (χ4n) is 3.40. The summed E-state index contributed by atoms with van der Waals surface area (Å²) in [5, 5.41) is 16.9. The maximum Gasteiger partial charge on any atom is 0.326 e. The first-order valence-corrected chi connectivity index (χ1v) is 13.0. The zero-order valence-electron chi connectivity index (χ0n) is 20.9. The molecule has 0 aliphatic rings. The number of amides is 4. The number of carbonyl (C=O) groups excluding carboxylic acids is 4. The number of carboxylic acids is 1. The van der Waals surface area contributed by atoms with Crippen molar-refractivity contribution >= 4 is 41.4 Å². The highest BCUT2D eigenvalue weighted by Crippen LogP contribution is 2.08. The van der Waals surface area contributed by atoms with Gasteiger partial charge in [0.2, 0.25) is 23.6 Å². The molecule has 0 saturated heterocycles. The van der Waals surface area contributed by atoms with Crippen LogP contribution in [-0.4, -0.2) is 70.9 Å². The SMILES string of the molecule is CSCCC(NC(=O)C(N)CC(C)C)C(=O)NC(Cc1ccccc1)C(=O)NC(CC(N)=O)C(=O)O. The fourth-order valence-corrected chi connectivity index (χ4v) is 3.87. The zero-order valence-corrected chi connectivity index (χ0v) is 21.7. The van der Waals surface area contributed by atoms with E-state index >= 15 is 0 Å². The van der Waals surface area contributed by atoms with Crippen LogP contribution in [0.3, 0.4) is 0 Å². The lowest BCUT2D eigenvalue weighted by Gasteiger charge is -2.25. The summed E-state index contributed by atoms with van der Waals surface area (Å²) in [4.78, 5) is 61.5. The highest BCUT2D eigenvalue weighted by Gasteiger charge is 2.31.